The second kappa shape index (κ2) is 4.48. The number of rotatable bonds is 2. The number of imidazole rings is 1. The minimum Gasteiger partial charge on any atom is -0.446 e. The molecule has 2 aromatic rings. The number of thiocarbonyl (C=S) groups is 1. The van der Waals surface area contributed by atoms with Crippen molar-refractivity contribution in [2.24, 2.45) is 0 Å². The van der Waals surface area contributed by atoms with E-state index in [0.717, 1.165) is 0 Å². The van der Waals surface area contributed by atoms with Crippen LogP contribution in [0.4, 0.5) is 5.82 Å². The smallest absolute Gasteiger partial charge is 0.353 e. The Morgan fingerprint density at radius 2 is 2.10 bits per heavy atom. The Bertz CT molecular complexity index is 722. The maximum atomic E-state index is 9.40. The molecular formula is C11H11N5O4S. The number of nitrogen functional groups attached to an aromatic ring is 1. The monoisotopic (exact) mass is 309 g/mol. The summed E-state index contributed by atoms with van der Waals surface area (Å²) in [6.45, 7) is -0.201. The van der Waals surface area contributed by atoms with Crippen molar-refractivity contribution in [2.75, 3.05) is 12.3 Å². The standard InChI is InChI=1S/C11H11N5O4S/c12-8-5-9(14-2-13-8)16(3-15-5)10-7-6(4(1-17)18-10)19-11(21)20-7/h2-4,6-7,10,17H,1H2,(H2,12,13,14)/t4-,6+,7+,10-/m0/s1. The van der Waals surface area contributed by atoms with Crippen molar-refractivity contribution in [2.45, 2.75) is 24.5 Å². The lowest BCUT2D eigenvalue weighted by atomic mass is 10.1. The highest BCUT2D eigenvalue weighted by atomic mass is 32.1. The van der Waals surface area contributed by atoms with Crippen molar-refractivity contribution in [3.05, 3.63) is 12.7 Å². The van der Waals surface area contributed by atoms with Gasteiger partial charge in [-0.1, -0.05) is 0 Å². The molecule has 2 aliphatic rings. The number of hydrogen-bond donors (Lipinski definition) is 2. The first-order valence-electron chi connectivity index (χ1n) is 6.25. The summed E-state index contributed by atoms with van der Waals surface area (Å²) in [6.07, 6.45) is 0.876. The fourth-order valence-electron chi connectivity index (χ4n) is 2.65. The maximum absolute atomic E-state index is 9.40. The Hall–Kier alpha value is -2.04. The van der Waals surface area contributed by atoms with Gasteiger partial charge in [0.05, 0.1) is 12.9 Å². The number of aliphatic hydroxyl groups is 1. The second-order valence-corrected chi connectivity index (χ2v) is 5.08. The number of hydrogen-bond acceptors (Lipinski definition) is 9. The highest BCUT2D eigenvalue weighted by Gasteiger charge is 2.53. The number of nitrogens with two attached hydrogens (primary N) is 1. The van der Waals surface area contributed by atoms with Gasteiger partial charge in [-0.3, -0.25) is 4.57 Å². The molecule has 4 atom stereocenters. The van der Waals surface area contributed by atoms with E-state index in [2.05, 4.69) is 15.0 Å². The van der Waals surface area contributed by atoms with Gasteiger partial charge in [0, 0.05) is 12.2 Å². The van der Waals surface area contributed by atoms with E-state index in [1.165, 1.54) is 6.33 Å². The molecule has 110 valence electrons. The van der Waals surface area contributed by atoms with Crippen LogP contribution in [-0.2, 0) is 14.2 Å². The van der Waals surface area contributed by atoms with Crippen LogP contribution in [-0.4, -0.2) is 54.8 Å². The van der Waals surface area contributed by atoms with Crippen molar-refractivity contribution >= 4 is 34.4 Å². The van der Waals surface area contributed by atoms with Crippen molar-refractivity contribution in [3.63, 3.8) is 0 Å². The van der Waals surface area contributed by atoms with Gasteiger partial charge in [0.2, 0.25) is 0 Å². The normalized spacial score (nSPS) is 31.2. The van der Waals surface area contributed by atoms with Crippen LogP contribution in [0, 0.1) is 0 Å². The Morgan fingerprint density at radius 1 is 1.29 bits per heavy atom. The SMILES string of the molecule is Nc1ncnc2c1ncn2[C@H]1O[C@@H](CO)[C@H]2OC(=S)O[C@H]21. The van der Waals surface area contributed by atoms with Gasteiger partial charge in [-0.05, 0) is 0 Å². The van der Waals surface area contributed by atoms with Crippen molar-refractivity contribution in [1.29, 1.82) is 0 Å². The molecule has 0 saturated carbocycles. The summed E-state index contributed by atoms with van der Waals surface area (Å²) in [5.74, 6) is 0.283. The molecule has 0 bridgehead atoms. The lowest BCUT2D eigenvalue weighted by molar-refractivity contribution is -0.0601. The zero-order chi connectivity index (χ0) is 14.6. The summed E-state index contributed by atoms with van der Waals surface area (Å²) in [5, 5.41) is 9.45. The van der Waals surface area contributed by atoms with E-state index < -0.39 is 24.5 Å². The topological polar surface area (TPSA) is 118 Å². The van der Waals surface area contributed by atoms with Crippen LogP contribution in [0.25, 0.3) is 11.2 Å². The Morgan fingerprint density at radius 3 is 2.90 bits per heavy atom. The summed E-state index contributed by atoms with van der Waals surface area (Å²) in [4.78, 5) is 12.2. The molecule has 2 aromatic heterocycles. The van der Waals surface area contributed by atoms with Gasteiger partial charge in [-0.15, -0.1) is 0 Å². The lowest BCUT2D eigenvalue weighted by Gasteiger charge is -2.17. The largest absolute Gasteiger partial charge is 0.446 e. The first-order valence-corrected chi connectivity index (χ1v) is 6.66. The third-order valence-corrected chi connectivity index (χ3v) is 3.78. The number of aliphatic hydroxyl groups excluding tert-OH is 1. The zero-order valence-corrected chi connectivity index (χ0v) is 11.4. The highest BCUT2D eigenvalue weighted by Crippen LogP contribution is 2.38. The van der Waals surface area contributed by atoms with Gasteiger partial charge in [-0.2, -0.15) is 0 Å². The van der Waals surface area contributed by atoms with E-state index in [1.54, 1.807) is 10.9 Å². The van der Waals surface area contributed by atoms with E-state index in [9.17, 15) is 5.11 Å². The van der Waals surface area contributed by atoms with Crippen molar-refractivity contribution < 1.29 is 19.3 Å². The van der Waals surface area contributed by atoms with Crippen LogP contribution in [0.15, 0.2) is 12.7 Å². The van der Waals surface area contributed by atoms with Crippen LogP contribution in [0.5, 0.6) is 0 Å². The fourth-order valence-corrected chi connectivity index (χ4v) is 2.88. The Kier molecular flexibility index (Phi) is 2.71. The van der Waals surface area contributed by atoms with Crippen molar-refractivity contribution in [3.8, 4) is 0 Å². The predicted octanol–water partition coefficient (Wildman–Crippen LogP) is -0.633. The van der Waals surface area contributed by atoms with Gasteiger partial charge in [0.1, 0.15) is 17.9 Å². The van der Waals surface area contributed by atoms with Crippen LogP contribution in [0.2, 0.25) is 0 Å². The summed E-state index contributed by atoms with van der Waals surface area (Å²) in [6, 6.07) is 0. The van der Waals surface area contributed by atoms with Gasteiger partial charge >= 0.3 is 5.24 Å². The Labute approximate surface area is 123 Å². The first kappa shape index (κ1) is 12.7. The predicted molar refractivity (Wildman–Crippen MR) is 73.1 cm³/mol. The molecule has 10 heteroatoms. The summed E-state index contributed by atoms with van der Waals surface area (Å²) < 4.78 is 18.3. The molecule has 4 rings (SSSR count). The zero-order valence-electron chi connectivity index (χ0n) is 10.6. The number of nitrogens with zero attached hydrogens (tertiary/aromatic N) is 4. The number of anilines is 1. The fraction of sp³-hybridized carbons (Fsp3) is 0.455. The van der Waals surface area contributed by atoms with Crippen molar-refractivity contribution in [1.82, 2.24) is 19.5 Å². The number of fused-ring (bicyclic) bond motifs is 2. The van der Waals surface area contributed by atoms with Crippen LogP contribution >= 0.6 is 12.2 Å². The number of ether oxygens (including phenoxy) is 3. The van der Waals surface area contributed by atoms with E-state index in [-0.39, 0.29) is 17.7 Å². The van der Waals surface area contributed by atoms with E-state index in [0.29, 0.717) is 11.2 Å². The van der Waals surface area contributed by atoms with Gasteiger partial charge in [0.25, 0.3) is 0 Å². The van der Waals surface area contributed by atoms with Gasteiger partial charge in [0.15, 0.2) is 29.9 Å². The minimum atomic E-state index is -0.563. The average Bonchev–Trinajstić information content (AvgIpc) is 3.12. The first-order chi connectivity index (χ1) is 10.2. The molecule has 9 nitrogen and oxygen atoms in total. The quantitative estimate of drug-likeness (QED) is 0.699. The summed E-state index contributed by atoms with van der Waals surface area (Å²) in [7, 11) is 0. The summed E-state index contributed by atoms with van der Waals surface area (Å²) >= 11 is 4.92. The third kappa shape index (κ3) is 1.76. The van der Waals surface area contributed by atoms with Crippen LogP contribution < -0.4 is 5.73 Å². The molecule has 0 amide bonds. The van der Waals surface area contributed by atoms with Crippen LogP contribution in [0.3, 0.4) is 0 Å². The minimum absolute atomic E-state index is 0.0512. The van der Waals surface area contributed by atoms with Gasteiger partial charge in [-0.25, -0.2) is 15.0 Å². The molecule has 0 unspecified atom stereocenters. The molecule has 2 saturated heterocycles. The molecule has 3 N–H and O–H groups in total. The molecule has 0 aromatic carbocycles. The highest BCUT2D eigenvalue weighted by molar-refractivity contribution is 7.79. The Balaban J connectivity index is 1.78. The molecule has 21 heavy (non-hydrogen) atoms. The molecule has 0 spiro atoms. The van der Waals surface area contributed by atoms with Gasteiger partial charge < -0.3 is 25.1 Å². The van der Waals surface area contributed by atoms with E-state index in [1.807, 2.05) is 0 Å². The molecule has 4 heterocycles. The second-order valence-electron chi connectivity index (χ2n) is 4.75. The van der Waals surface area contributed by atoms with E-state index in [4.69, 9.17) is 32.2 Å². The molecule has 2 aliphatic heterocycles. The molecule has 0 radical (unpaired) electrons. The molecule has 0 aliphatic carbocycles. The molecule has 2 fully saturated rings. The third-order valence-electron chi connectivity index (χ3n) is 3.59. The number of aromatic nitrogens is 4. The average molecular weight is 309 g/mol. The van der Waals surface area contributed by atoms with E-state index >= 15 is 0 Å². The summed E-state index contributed by atoms with van der Waals surface area (Å²) in [5.41, 5.74) is 6.76. The maximum Gasteiger partial charge on any atom is 0.353 e. The van der Waals surface area contributed by atoms with Crippen LogP contribution in [0.1, 0.15) is 6.23 Å². The molecular weight excluding hydrogens is 298 g/mol. The lowest BCUT2D eigenvalue weighted by Crippen LogP contribution is -2.30.